The number of hydrogen-bond donors (Lipinski definition) is 2. The zero-order valence-electron chi connectivity index (χ0n) is 12.8. The maximum Gasteiger partial charge on any atom is 0.251 e. The second-order valence-electron chi connectivity index (χ2n) is 4.62. The minimum Gasteiger partial charge on any atom is -0.493 e. The summed E-state index contributed by atoms with van der Waals surface area (Å²) in [4.78, 5) is 11.9. The van der Waals surface area contributed by atoms with E-state index in [1.807, 2.05) is 36.4 Å². The second kappa shape index (κ2) is 7.93. The first-order valence-corrected chi connectivity index (χ1v) is 7.03. The van der Waals surface area contributed by atoms with Crippen molar-refractivity contribution < 1.29 is 14.3 Å². The van der Waals surface area contributed by atoms with E-state index in [2.05, 4.69) is 10.6 Å². The smallest absolute Gasteiger partial charge is 0.251 e. The molecule has 0 aromatic heterocycles. The molecular weight excluding hydrogens is 280 g/mol. The Morgan fingerprint density at radius 3 is 2.36 bits per heavy atom. The van der Waals surface area contributed by atoms with Crippen molar-refractivity contribution in [2.24, 2.45) is 0 Å². The number of carbonyl (C=O) groups excluding carboxylic acids is 1. The maximum atomic E-state index is 11.9. The number of carbonyl (C=O) groups is 1. The molecule has 2 rings (SSSR count). The first-order valence-electron chi connectivity index (χ1n) is 7.03. The van der Waals surface area contributed by atoms with Gasteiger partial charge in [0.05, 0.1) is 14.2 Å². The van der Waals surface area contributed by atoms with Crippen LogP contribution in [0.5, 0.6) is 11.5 Å². The molecule has 5 nitrogen and oxygen atoms in total. The highest BCUT2D eigenvalue weighted by atomic mass is 16.5. The summed E-state index contributed by atoms with van der Waals surface area (Å²) < 4.78 is 10.4. The van der Waals surface area contributed by atoms with Gasteiger partial charge in [-0.25, -0.2) is 0 Å². The van der Waals surface area contributed by atoms with Gasteiger partial charge >= 0.3 is 0 Å². The molecule has 0 bridgehead atoms. The summed E-state index contributed by atoms with van der Waals surface area (Å²) >= 11 is 0. The highest BCUT2D eigenvalue weighted by molar-refractivity contribution is 5.94. The summed E-state index contributed by atoms with van der Waals surface area (Å²) in [6.07, 6.45) is 0. The van der Waals surface area contributed by atoms with Crippen molar-refractivity contribution in [1.29, 1.82) is 0 Å². The Labute approximate surface area is 130 Å². The first kappa shape index (κ1) is 15.7. The van der Waals surface area contributed by atoms with Crippen molar-refractivity contribution in [3.05, 3.63) is 54.1 Å². The van der Waals surface area contributed by atoms with E-state index in [-0.39, 0.29) is 5.91 Å². The Hall–Kier alpha value is -2.69. The Balaban J connectivity index is 1.80. The zero-order chi connectivity index (χ0) is 15.8. The van der Waals surface area contributed by atoms with E-state index in [9.17, 15) is 4.79 Å². The Morgan fingerprint density at radius 1 is 0.955 bits per heavy atom. The maximum absolute atomic E-state index is 11.9. The molecule has 22 heavy (non-hydrogen) atoms. The molecule has 116 valence electrons. The summed E-state index contributed by atoms with van der Waals surface area (Å²) in [5.41, 5.74) is 1.57. The van der Waals surface area contributed by atoms with Gasteiger partial charge in [-0.2, -0.15) is 0 Å². The fraction of sp³-hybridized carbons (Fsp3) is 0.235. The molecule has 0 aliphatic carbocycles. The summed E-state index contributed by atoms with van der Waals surface area (Å²) in [6.45, 7) is 1.15. The number of amides is 1. The van der Waals surface area contributed by atoms with Crippen LogP contribution in [0.15, 0.2) is 48.5 Å². The minimum atomic E-state index is -0.0743. The van der Waals surface area contributed by atoms with E-state index >= 15 is 0 Å². The van der Waals surface area contributed by atoms with Gasteiger partial charge in [0.15, 0.2) is 11.5 Å². The van der Waals surface area contributed by atoms with Crippen molar-refractivity contribution in [3.8, 4) is 11.5 Å². The van der Waals surface area contributed by atoms with Gasteiger partial charge in [-0.15, -0.1) is 0 Å². The summed E-state index contributed by atoms with van der Waals surface area (Å²) in [7, 11) is 3.20. The van der Waals surface area contributed by atoms with E-state index < -0.39 is 0 Å². The first-order chi connectivity index (χ1) is 10.7. The topological polar surface area (TPSA) is 59.6 Å². The summed E-state index contributed by atoms with van der Waals surface area (Å²) in [5.74, 6) is 1.28. The molecule has 0 heterocycles. The molecule has 1 amide bonds. The Kier molecular flexibility index (Phi) is 5.65. The normalized spacial score (nSPS) is 9.91. The molecule has 2 aromatic carbocycles. The van der Waals surface area contributed by atoms with Crippen LogP contribution in [-0.2, 0) is 0 Å². The molecule has 5 heteroatoms. The predicted octanol–water partition coefficient (Wildman–Crippen LogP) is 2.55. The van der Waals surface area contributed by atoms with Gasteiger partial charge in [0.25, 0.3) is 5.91 Å². The van der Waals surface area contributed by atoms with Crippen LogP contribution in [0.25, 0.3) is 0 Å². The lowest BCUT2D eigenvalue weighted by molar-refractivity contribution is 0.0955. The van der Waals surface area contributed by atoms with Crippen LogP contribution in [0.2, 0.25) is 0 Å². The van der Waals surface area contributed by atoms with Gasteiger partial charge in [-0.3, -0.25) is 4.79 Å². The molecule has 0 spiro atoms. The number of ether oxygens (including phenoxy) is 2. The highest BCUT2D eigenvalue weighted by Gasteiger charge is 2.05. The molecule has 0 atom stereocenters. The van der Waals surface area contributed by atoms with E-state index in [1.165, 1.54) is 0 Å². The van der Waals surface area contributed by atoms with Gasteiger partial charge in [0, 0.05) is 30.4 Å². The number of hydrogen-bond acceptors (Lipinski definition) is 4. The number of rotatable bonds is 7. The molecule has 0 saturated carbocycles. The average Bonchev–Trinajstić information content (AvgIpc) is 2.59. The third kappa shape index (κ3) is 4.15. The van der Waals surface area contributed by atoms with Crippen molar-refractivity contribution >= 4 is 11.6 Å². The highest BCUT2D eigenvalue weighted by Crippen LogP contribution is 2.29. The number of anilines is 1. The van der Waals surface area contributed by atoms with Crippen molar-refractivity contribution in [2.75, 3.05) is 32.6 Å². The molecule has 0 saturated heterocycles. The van der Waals surface area contributed by atoms with Crippen LogP contribution in [0.3, 0.4) is 0 Å². The SMILES string of the molecule is COc1ccc(NCCNC(=O)c2ccccc2)cc1OC. The molecule has 0 fully saturated rings. The Morgan fingerprint density at radius 2 is 1.68 bits per heavy atom. The predicted molar refractivity (Wildman–Crippen MR) is 86.8 cm³/mol. The quantitative estimate of drug-likeness (QED) is 0.772. The van der Waals surface area contributed by atoms with Crippen LogP contribution in [0.4, 0.5) is 5.69 Å². The van der Waals surface area contributed by atoms with E-state index in [4.69, 9.17) is 9.47 Å². The fourth-order valence-electron chi connectivity index (χ4n) is 2.02. The molecular formula is C17H20N2O3. The molecule has 0 aliphatic heterocycles. The monoisotopic (exact) mass is 300 g/mol. The lowest BCUT2D eigenvalue weighted by Gasteiger charge is -2.11. The fourth-order valence-corrected chi connectivity index (χ4v) is 2.02. The number of methoxy groups -OCH3 is 2. The average molecular weight is 300 g/mol. The van der Waals surface area contributed by atoms with Crippen molar-refractivity contribution in [2.45, 2.75) is 0 Å². The standard InChI is InChI=1S/C17H20N2O3/c1-21-15-9-8-14(12-16(15)22-2)18-10-11-19-17(20)13-6-4-3-5-7-13/h3-9,12,18H,10-11H2,1-2H3,(H,19,20). The number of benzene rings is 2. The summed E-state index contributed by atoms with van der Waals surface area (Å²) in [6, 6.07) is 14.7. The third-order valence-electron chi connectivity index (χ3n) is 3.16. The zero-order valence-corrected chi connectivity index (χ0v) is 12.8. The van der Waals surface area contributed by atoms with Gasteiger partial charge in [-0.05, 0) is 24.3 Å². The Bertz CT molecular complexity index is 615. The lowest BCUT2D eigenvalue weighted by Crippen LogP contribution is -2.28. The largest absolute Gasteiger partial charge is 0.493 e. The van der Waals surface area contributed by atoms with E-state index in [0.717, 1.165) is 5.69 Å². The van der Waals surface area contributed by atoms with Crippen LogP contribution in [0, 0.1) is 0 Å². The van der Waals surface area contributed by atoms with Crippen LogP contribution in [-0.4, -0.2) is 33.2 Å². The van der Waals surface area contributed by atoms with E-state index in [1.54, 1.807) is 26.4 Å². The van der Waals surface area contributed by atoms with E-state index in [0.29, 0.717) is 30.2 Å². The molecule has 2 aromatic rings. The van der Waals surface area contributed by atoms with Gasteiger partial charge in [0.2, 0.25) is 0 Å². The van der Waals surface area contributed by atoms with Crippen LogP contribution in [0.1, 0.15) is 10.4 Å². The number of nitrogens with one attached hydrogen (secondary N) is 2. The molecule has 0 aliphatic rings. The van der Waals surface area contributed by atoms with Gasteiger partial charge in [0.1, 0.15) is 0 Å². The van der Waals surface area contributed by atoms with Crippen LogP contribution < -0.4 is 20.1 Å². The molecule has 0 radical (unpaired) electrons. The van der Waals surface area contributed by atoms with Gasteiger partial charge in [-0.1, -0.05) is 18.2 Å². The minimum absolute atomic E-state index is 0.0743. The third-order valence-corrected chi connectivity index (χ3v) is 3.16. The lowest BCUT2D eigenvalue weighted by atomic mass is 10.2. The van der Waals surface area contributed by atoms with Gasteiger partial charge < -0.3 is 20.1 Å². The molecule has 0 unspecified atom stereocenters. The molecule has 2 N–H and O–H groups in total. The van der Waals surface area contributed by atoms with Crippen molar-refractivity contribution in [3.63, 3.8) is 0 Å². The summed E-state index contributed by atoms with van der Waals surface area (Å²) in [5, 5.41) is 6.09. The van der Waals surface area contributed by atoms with Crippen LogP contribution >= 0.6 is 0 Å². The second-order valence-corrected chi connectivity index (χ2v) is 4.62. The van der Waals surface area contributed by atoms with Crippen molar-refractivity contribution in [1.82, 2.24) is 5.32 Å².